The summed E-state index contributed by atoms with van der Waals surface area (Å²) in [6, 6.07) is 7.55. The molecule has 1 heterocycles. The van der Waals surface area contributed by atoms with Crippen LogP contribution in [0.1, 0.15) is 19.2 Å². The molecule has 0 aliphatic rings. The minimum Gasteiger partial charge on any atom is -0.497 e. The molecule has 1 aromatic heterocycles. The van der Waals surface area contributed by atoms with E-state index in [1.54, 1.807) is 7.11 Å². The van der Waals surface area contributed by atoms with E-state index in [0.29, 0.717) is 5.82 Å². The molecule has 94 valence electrons. The number of rotatable bonds is 4. The number of nitrogens with two attached hydrogens (primary N) is 1. The van der Waals surface area contributed by atoms with E-state index in [2.05, 4.69) is 21.9 Å². The molecular formula is C13H16N4O. The average Bonchev–Trinajstić information content (AvgIpc) is 2.38. The van der Waals surface area contributed by atoms with Crippen LogP contribution in [0.5, 0.6) is 5.75 Å². The Bertz CT molecular complexity index is 525. The molecule has 0 bridgehead atoms. The molecular weight excluding hydrogens is 228 g/mol. The molecule has 0 fully saturated rings. The van der Waals surface area contributed by atoms with Gasteiger partial charge >= 0.3 is 0 Å². The molecule has 5 nitrogen and oxygen atoms in total. The van der Waals surface area contributed by atoms with Crippen LogP contribution in [-0.2, 0) is 6.42 Å². The number of aryl methyl sites for hydroxylation is 1. The third kappa shape index (κ3) is 2.74. The Morgan fingerprint density at radius 2 is 1.83 bits per heavy atom. The van der Waals surface area contributed by atoms with Crippen molar-refractivity contribution in [3.8, 4) is 17.1 Å². The summed E-state index contributed by atoms with van der Waals surface area (Å²) in [4.78, 5) is 12.7. The first-order valence-electron chi connectivity index (χ1n) is 5.87. The Hall–Kier alpha value is -2.17. The number of benzene rings is 1. The number of aromatic nitrogens is 3. The van der Waals surface area contributed by atoms with Gasteiger partial charge in [0.25, 0.3) is 0 Å². The van der Waals surface area contributed by atoms with Crippen molar-refractivity contribution >= 4 is 5.95 Å². The summed E-state index contributed by atoms with van der Waals surface area (Å²) in [7, 11) is 1.63. The van der Waals surface area contributed by atoms with Crippen molar-refractivity contribution in [1.82, 2.24) is 15.0 Å². The lowest BCUT2D eigenvalue weighted by molar-refractivity contribution is 0.415. The molecule has 0 unspecified atom stereocenters. The minimum atomic E-state index is 0.263. The predicted octanol–water partition coefficient (Wildman–Crippen LogP) is 2.08. The number of hydrogen-bond donors (Lipinski definition) is 1. The first-order valence-corrected chi connectivity index (χ1v) is 5.87. The molecule has 0 amide bonds. The van der Waals surface area contributed by atoms with Crippen LogP contribution in [0.15, 0.2) is 24.3 Å². The number of anilines is 1. The lowest BCUT2D eigenvalue weighted by atomic mass is 10.2. The van der Waals surface area contributed by atoms with Gasteiger partial charge in [0.1, 0.15) is 11.6 Å². The van der Waals surface area contributed by atoms with Crippen molar-refractivity contribution < 1.29 is 4.74 Å². The van der Waals surface area contributed by atoms with Crippen molar-refractivity contribution in [1.29, 1.82) is 0 Å². The standard InChI is InChI=1S/C13H16N4O/c1-3-4-11-15-12(17-13(14)16-11)9-5-7-10(18-2)8-6-9/h5-8H,3-4H2,1-2H3,(H2,14,15,16,17). The zero-order valence-corrected chi connectivity index (χ0v) is 10.6. The van der Waals surface area contributed by atoms with Crippen LogP contribution in [0.3, 0.4) is 0 Å². The first-order chi connectivity index (χ1) is 8.72. The predicted molar refractivity (Wildman–Crippen MR) is 70.2 cm³/mol. The van der Waals surface area contributed by atoms with Gasteiger partial charge in [-0.25, -0.2) is 4.98 Å². The highest BCUT2D eigenvalue weighted by Gasteiger charge is 2.06. The van der Waals surface area contributed by atoms with Crippen molar-refractivity contribution in [2.75, 3.05) is 12.8 Å². The van der Waals surface area contributed by atoms with Gasteiger partial charge in [-0.05, 0) is 30.7 Å². The van der Waals surface area contributed by atoms with Crippen molar-refractivity contribution in [2.45, 2.75) is 19.8 Å². The largest absolute Gasteiger partial charge is 0.497 e. The lowest BCUT2D eigenvalue weighted by Crippen LogP contribution is -2.04. The van der Waals surface area contributed by atoms with Gasteiger partial charge in [0.05, 0.1) is 7.11 Å². The summed E-state index contributed by atoms with van der Waals surface area (Å²) in [5, 5.41) is 0. The van der Waals surface area contributed by atoms with Crippen LogP contribution in [0.2, 0.25) is 0 Å². The SMILES string of the molecule is CCCc1nc(N)nc(-c2ccc(OC)cc2)n1. The Balaban J connectivity index is 2.36. The molecule has 2 aromatic rings. The van der Waals surface area contributed by atoms with E-state index in [0.717, 1.165) is 30.0 Å². The zero-order chi connectivity index (χ0) is 13.0. The Morgan fingerprint density at radius 1 is 1.11 bits per heavy atom. The van der Waals surface area contributed by atoms with Crippen LogP contribution in [-0.4, -0.2) is 22.1 Å². The van der Waals surface area contributed by atoms with Gasteiger partial charge in [-0.2, -0.15) is 9.97 Å². The Morgan fingerprint density at radius 3 is 2.44 bits per heavy atom. The van der Waals surface area contributed by atoms with Gasteiger partial charge in [0.2, 0.25) is 5.95 Å². The number of ether oxygens (including phenoxy) is 1. The summed E-state index contributed by atoms with van der Waals surface area (Å²) in [5.74, 6) is 2.40. The molecule has 0 aliphatic heterocycles. The number of nitrogens with zero attached hydrogens (tertiary/aromatic N) is 3. The van der Waals surface area contributed by atoms with Crippen LogP contribution >= 0.6 is 0 Å². The van der Waals surface area contributed by atoms with E-state index in [-0.39, 0.29) is 5.95 Å². The van der Waals surface area contributed by atoms with E-state index in [4.69, 9.17) is 10.5 Å². The Kier molecular flexibility index (Phi) is 3.72. The normalized spacial score (nSPS) is 10.3. The van der Waals surface area contributed by atoms with Crippen LogP contribution in [0.4, 0.5) is 5.95 Å². The maximum absolute atomic E-state index is 5.70. The molecule has 0 aliphatic carbocycles. The maximum atomic E-state index is 5.70. The van der Waals surface area contributed by atoms with Gasteiger partial charge in [-0.15, -0.1) is 0 Å². The van der Waals surface area contributed by atoms with Gasteiger partial charge in [0.15, 0.2) is 5.82 Å². The quantitative estimate of drug-likeness (QED) is 0.891. The second-order valence-electron chi connectivity index (χ2n) is 3.91. The van der Waals surface area contributed by atoms with Crippen molar-refractivity contribution in [2.24, 2.45) is 0 Å². The number of methoxy groups -OCH3 is 1. The molecule has 0 saturated carbocycles. The smallest absolute Gasteiger partial charge is 0.223 e. The van der Waals surface area contributed by atoms with E-state index < -0.39 is 0 Å². The molecule has 5 heteroatoms. The van der Waals surface area contributed by atoms with E-state index >= 15 is 0 Å². The second kappa shape index (κ2) is 5.44. The van der Waals surface area contributed by atoms with Gasteiger partial charge in [0, 0.05) is 12.0 Å². The lowest BCUT2D eigenvalue weighted by Gasteiger charge is -2.05. The van der Waals surface area contributed by atoms with Gasteiger partial charge in [-0.3, -0.25) is 0 Å². The highest BCUT2D eigenvalue weighted by Crippen LogP contribution is 2.19. The third-order valence-corrected chi connectivity index (χ3v) is 2.52. The summed E-state index contributed by atoms with van der Waals surface area (Å²) in [5.41, 5.74) is 6.60. The molecule has 0 atom stereocenters. The van der Waals surface area contributed by atoms with Crippen LogP contribution in [0, 0.1) is 0 Å². The molecule has 0 radical (unpaired) electrons. The second-order valence-corrected chi connectivity index (χ2v) is 3.91. The molecule has 0 saturated heterocycles. The highest BCUT2D eigenvalue weighted by atomic mass is 16.5. The fraction of sp³-hybridized carbons (Fsp3) is 0.308. The van der Waals surface area contributed by atoms with Crippen LogP contribution in [0.25, 0.3) is 11.4 Å². The fourth-order valence-corrected chi connectivity index (χ4v) is 1.64. The van der Waals surface area contributed by atoms with E-state index in [9.17, 15) is 0 Å². The molecule has 0 spiro atoms. The molecule has 2 N–H and O–H groups in total. The van der Waals surface area contributed by atoms with Crippen LogP contribution < -0.4 is 10.5 Å². The van der Waals surface area contributed by atoms with E-state index in [1.165, 1.54) is 0 Å². The van der Waals surface area contributed by atoms with Gasteiger partial charge in [-0.1, -0.05) is 6.92 Å². The third-order valence-electron chi connectivity index (χ3n) is 2.52. The van der Waals surface area contributed by atoms with E-state index in [1.807, 2.05) is 24.3 Å². The minimum absolute atomic E-state index is 0.263. The summed E-state index contributed by atoms with van der Waals surface area (Å²) in [6.07, 6.45) is 1.78. The summed E-state index contributed by atoms with van der Waals surface area (Å²) < 4.78 is 5.11. The maximum Gasteiger partial charge on any atom is 0.223 e. The molecule has 18 heavy (non-hydrogen) atoms. The fourth-order valence-electron chi connectivity index (χ4n) is 1.64. The first kappa shape index (κ1) is 12.3. The monoisotopic (exact) mass is 244 g/mol. The summed E-state index contributed by atoms with van der Waals surface area (Å²) >= 11 is 0. The summed E-state index contributed by atoms with van der Waals surface area (Å²) in [6.45, 7) is 2.08. The van der Waals surface area contributed by atoms with Crippen molar-refractivity contribution in [3.05, 3.63) is 30.1 Å². The molecule has 2 rings (SSSR count). The zero-order valence-electron chi connectivity index (χ0n) is 10.6. The average molecular weight is 244 g/mol. The Labute approximate surface area is 106 Å². The number of hydrogen-bond acceptors (Lipinski definition) is 5. The van der Waals surface area contributed by atoms with Gasteiger partial charge < -0.3 is 10.5 Å². The number of nitrogen functional groups attached to an aromatic ring is 1. The topological polar surface area (TPSA) is 73.9 Å². The molecule has 1 aromatic carbocycles. The highest BCUT2D eigenvalue weighted by molar-refractivity contribution is 5.57. The van der Waals surface area contributed by atoms with Crippen molar-refractivity contribution in [3.63, 3.8) is 0 Å².